The number of ether oxygens (including phenoxy) is 1. The lowest BCUT2D eigenvalue weighted by Crippen LogP contribution is -2.38. The van der Waals surface area contributed by atoms with Crippen LogP contribution in [-0.2, 0) is 22.5 Å². The molecule has 164 valence electrons. The predicted octanol–water partition coefficient (Wildman–Crippen LogP) is 3.30. The molecule has 1 amide bonds. The molecular formula is C22H33N5O2S. The Hall–Kier alpha value is -2.06. The van der Waals surface area contributed by atoms with Crippen LogP contribution in [0.15, 0.2) is 29.4 Å². The molecule has 1 aliphatic rings. The minimum absolute atomic E-state index is 0.00281. The molecule has 1 fully saturated rings. The van der Waals surface area contributed by atoms with E-state index < -0.39 is 0 Å². The van der Waals surface area contributed by atoms with Gasteiger partial charge in [0, 0.05) is 19.6 Å². The fourth-order valence-electron chi connectivity index (χ4n) is 3.60. The zero-order valence-corrected chi connectivity index (χ0v) is 19.2. The summed E-state index contributed by atoms with van der Waals surface area (Å²) in [6, 6.07) is 8.53. The maximum absolute atomic E-state index is 12.7. The van der Waals surface area contributed by atoms with Crippen molar-refractivity contribution in [2.75, 3.05) is 37.0 Å². The van der Waals surface area contributed by atoms with Crippen LogP contribution < -0.4 is 10.2 Å². The molecule has 0 aliphatic carbocycles. The van der Waals surface area contributed by atoms with Gasteiger partial charge in [-0.25, -0.2) is 0 Å². The van der Waals surface area contributed by atoms with Gasteiger partial charge in [0.1, 0.15) is 0 Å². The number of carbonyl (C=O) groups is 1. The van der Waals surface area contributed by atoms with Crippen molar-refractivity contribution in [3.8, 4) is 0 Å². The molecule has 0 unspecified atom stereocenters. The van der Waals surface area contributed by atoms with Crippen molar-refractivity contribution < 1.29 is 9.53 Å². The zero-order valence-electron chi connectivity index (χ0n) is 18.4. The first kappa shape index (κ1) is 22.6. The van der Waals surface area contributed by atoms with Crippen LogP contribution in [0.2, 0.25) is 0 Å². The summed E-state index contributed by atoms with van der Waals surface area (Å²) in [7, 11) is 0. The smallest absolute Gasteiger partial charge is 0.230 e. The van der Waals surface area contributed by atoms with Crippen LogP contribution in [0.4, 0.5) is 5.95 Å². The normalized spacial score (nSPS) is 15.4. The van der Waals surface area contributed by atoms with Crippen LogP contribution in [0.3, 0.4) is 0 Å². The number of thioether (sulfide) groups is 1. The van der Waals surface area contributed by atoms with Crippen LogP contribution in [-0.4, -0.2) is 52.7 Å². The van der Waals surface area contributed by atoms with E-state index >= 15 is 0 Å². The van der Waals surface area contributed by atoms with Crippen molar-refractivity contribution in [3.63, 3.8) is 0 Å². The molecule has 8 heteroatoms. The molecule has 2 heterocycles. The molecule has 0 bridgehead atoms. The summed E-state index contributed by atoms with van der Waals surface area (Å²) in [6.45, 7) is 12.3. The highest BCUT2D eigenvalue weighted by atomic mass is 32.2. The Balaban J connectivity index is 1.62. The summed E-state index contributed by atoms with van der Waals surface area (Å²) >= 11 is 1.44. The highest BCUT2D eigenvalue weighted by Crippen LogP contribution is 2.25. The third kappa shape index (κ3) is 5.55. The maximum atomic E-state index is 12.7. The van der Waals surface area contributed by atoms with Gasteiger partial charge in [-0.1, -0.05) is 56.8 Å². The first-order valence-corrected chi connectivity index (χ1v) is 11.8. The number of benzene rings is 1. The number of morpholine rings is 1. The Morgan fingerprint density at radius 1 is 1.17 bits per heavy atom. The Labute approximate surface area is 183 Å². The van der Waals surface area contributed by atoms with Crippen LogP contribution in [0, 0.1) is 5.92 Å². The topological polar surface area (TPSA) is 72.3 Å². The number of hydrogen-bond acceptors (Lipinski definition) is 6. The van der Waals surface area contributed by atoms with E-state index in [1.165, 1.54) is 17.3 Å². The molecule has 1 saturated heterocycles. The second-order valence-corrected chi connectivity index (χ2v) is 8.74. The molecule has 30 heavy (non-hydrogen) atoms. The van der Waals surface area contributed by atoms with Crippen molar-refractivity contribution in [2.45, 2.75) is 51.9 Å². The first-order valence-electron chi connectivity index (χ1n) is 10.8. The first-order chi connectivity index (χ1) is 14.5. The van der Waals surface area contributed by atoms with Crippen molar-refractivity contribution in [3.05, 3.63) is 35.4 Å². The lowest BCUT2D eigenvalue weighted by molar-refractivity contribution is -0.119. The fourth-order valence-corrected chi connectivity index (χ4v) is 4.41. The van der Waals surface area contributed by atoms with Gasteiger partial charge in [-0.3, -0.25) is 9.36 Å². The molecule has 1 N–H and O–H groups in total. The number of anilines is 1. The van der Waals surface area contributed by atoms with Crippen molar-refractivity contribution >= 4 is 23.6 Å². The number of hydrogen-bond donors (Lipinski definition) is 1. The number of nitrogens with one attached hydrogen (secondary N) is 1. The van der Waals surface area contributed by atoms with Gasteiger partial charge in [0.2, 0.25) is 11.9 Å². The molecule has 1 aromatic carbocycles. The Kier molecular flexibility index (Phi) is 8.16. The number of rotatable bonds is 9. The quantitative estimate of drug-likeness (QED) is 0.614. The van der Waals surface area contributed by atoms with E-state index in [-0.39, 0.29) is 11.9 Å². The third-order valence-electron chi connectivity index (χ3n) is 5.37. The number of aryl methyl sites for hydroxylation is 1. The lowest BCUT2D eigenvalue weighted by Gasteiger charge is -2.27. The van der Waals surface area contributed by atoms with Crippen LogP contribution in [0.25, 0.3) is 0 Å². The molecule has 1 aliphatic heterocycles. The molecule has 0 radical (unpaired) electrons. The third-order valence-corrected chi connectivity index (χ3v) is 6.34. The van der Waals surface area contributed by atoms with Crippen molar-refractivity contribution in [2.24, 2.45) is 5.92 Å². The number of aromatic nitrogens is 3. The highest BCUT2D eigenvalue weighted by Gasteiger charge is 2.22. The summed E-state index contributed by atoms with van der Waals surface area (Å²) < 4.78 is 7.50. The van der Waals surface area contributed by atoms with Gasteiger partial charge >= 0.3 is 0 Å². The largest absolute Gasteiger partial charge is 0.378 e. The van der Waals surface area contributed by atoms with E-state index in [9.17, 15) is 4.79 Å². The minimum Gasteiger partial charge on any atom is -0.378 e. The number of amides is 1. The standard InChI is InChI=1S/C22H33N5O2S/c1-5-17-7-9-18(10-8-17)20(16(3)4)23-19(28)15-30-22-25-24-21(27(22)6-2)26-11-13-29-14-12-26/h7-10,16,20H,5-6,11-15H2,1-4H3,(H,23,28)/t20-/m0/s1. The van der Waals surface area contributed by atoms with Gasteiger partial charge in [0.15, 0.2) is 5.16 Å². The average Bonchev–Trinajstić information content (AvgIpc) is 3.19. The Bertz CT molecular complexity index is 815. The van der Waals surface area contributed by atoms with E-state index in [0.29, 0.717) is 24.9 Å². The SMILES string of the molecule is CCc1ccc([C@@H](NC(=O)CSc2nnc(N3CCOCC3)n2CC)C(C)C)cc1. The van der Waals surface area contributed by atoms with Gasteiger partial charge in [0.25, 0.3) is 0 Å². The molecule has 2 aromatic rings. The van der Waals surface area contributed by atoms with Gasteiger partial charge in [-0.15, -0.1) is 10.2 Å². The highest BCUT2D eigenvalue weighted by molar-refractivity contribution is 7.99. The van der Waals surface area contributed by atoms with Crippen molar-refractivity contribution in [1.82, 2.24) is 20.1 Å². The van der Waals surface area contributed by atoms with E-state index in [1.54, 1.807) is 0 Å². The monoisotopic (exact) mass is 431 g/mol. The van der Waals surface area contributed by atoms with E-state index in [4.69, 9.17) is 4.74 Å². The molecule has 1 aromatic heterocycles. The Morgan fingerprint density at radius 3 is 2.47 bits per heavy atom. The zero-order chi connectivity index (χ0) is 21.5. The summed E-state index contributed by atoms with van der Waals surface area (Å²) in [5, 5.41) is 12.7. The van der Waals surface area contributed by atoms with Crippen LogP contribution in [0.5, 0.6) is 0 Å². The van der Waals surface area contributed by atoms with Gasteiger partial charge < -0.3 is 15.0 Å². The summed E-state index contributed by atoms with van der Waals surface area (Å²) in [5.41, 5.74) is 2.45. The molecule has 1 atom stereocenters. The number of carbonyl (C=O) groups excluding carboxylic acids is 1. The van der Waals surface area contributed by atoms with Gasteiger partial charge in [0.05, 0.1) is 25.0 Å². The van der Waals surface area contributed by atoms with Crippen molar-refractivity contribution in [1.29, 1.82) is 0 Å². The second kappa shape index (κ2) is 10.8. The van der Waals surface area contributed by atoms with E-state index in [2.05, 4.69) is 76.9 Å². The molecular weight excluding hydrogens is 398 g/mol. The molecule has 0 spiro atoms. The molecule has 0 saturated carbocycles. The second-order valence-electron chi connectivity index (χ2n) is 7.80. The summed E-state index contributed by atoms with van der Waals surface area (Å²) in [5.74, 6) is 1.49. The van der Waals surface area contributed by atoms with Gasteiger partial charge in [-0.05, 0) is 30.4 Å². The maximum Gasteiger partial charge on any atom is 0.230 e. The summed E-state index contributed by atoms with van der Waals surface area (Å²) in [4.78, 5) is 14.9. The number of nitrogens with zero attached hydrogens (tertiary/aromatic N) is 4. The molecule has 3 rings (SSSR count). The fraction of sp³-hybridized carbons (Fsp3) is 0.591. The summed E-state index contributed by atoms with van der Waals surface area (Å²) in [6.07, 6.45) is 1.01. The lowest BCUT2D eigenvalue weighted by atomic mass is 9.95. The average molecular weight is 432 g/mol. The molecule has 7 nitrogen and oxygen atoms in total. The van der Waals surface area contributed by atoms with Crippen LogP contribution in [0.1, 0.15) is 44.9 Å². The Morgan fingerprint density at radius 2 is 1.87 bits per heavy atom. The van der Waals surface area contributed by atoms with E-state index in [0.717, 1.165) is 42.7 Å². The minimum atomic E-state index is -0.00281. The van der Waals surface area contributed by atoms with Crippen LogP contribution >= 0.6 is 11.8 Å². The van der Waals surface area contributed by atoms with Gasteiger partial charge in [-0.2, -0.15) is 0 Å². The predicted molar refractivity (Wildman–Crippen MR) is 121 cm³/mol. The van der Waals surface area contributed by atoms with E-state index in [1.807, 2.05) is 0 Å².